The van der Waals surface area contributed by atoms with Crippen LogP contribution in [-0.4, -0.2) is 29.3 Å². The second-order valence-corrected chi connectivity index (χ2v) is 7.88. The maximum absolute atomic E-state index is 12.1. The maximum atomic E-state index is 12.1. The lowest BCUT2D eigenvalue weighted by atomic mass is 10.2. The number of carbonyl (C=O) groups is 3. The zero-order chi connectivity index (χ0) is 25.9. The van der Waals surface area contributed by atoms with Gasteiger partial charge >= 0.3 is 5.97 Å². The fourth-order valence-corrected chi connectivity index (χ4v) is 3.16. The highest BCUT2D eigenvalue weighted by molar-refractivity contribution is 6.32. The number of nitrogens with zero attached hydrogens (tertiary/aromatic N) is 1. The Hall–Kier alpha value is -4.44. The number of hydrogen-bond donors (Lipinski definition) is 2. The molecule has 0 fully saturated rings. The number of halogens is 1. The molecule has 2 amide bonds. The molecule has 0 bridgehead atoms. The maximum Gasteiger partial charge on any atom is 0.306 e. The average Bonchev–Trinajstić information content (AvgIpc) is 2.85. The van der Waals surface area contributed by atoms with Gasteiger partial charge in [0, 0.05) is 36.3 Å². The van der Waals surface area contributed by atoms with Crippen LogP contribution in [-0.2, 0) is 19.1 Å². The van der Waals surface area contributed by atoms with E-state index in [-0.39, 0.29) is 36.5 Å². The molecular weight excluding hydrogens is 490 g/mol. The Labute approximate surface area is 211 Å². The lowest BCUT2D eigenvalue weighted by Crippen LogP contribution is -2.21. The Morgan fingerprint density at radius 1 is 0.861 bits per heavy atom. The molecule has 3 aromatic rings. The Morgan fingerprint density at radius 2 is 1.58 bits per heavy atom. The highest BCUT2D eigenvalue weighted by Gasteiger charge is 2.12. The molecule has 0 heterocycles. The van der Waals surface area contributed by atoms with E-state index in [1.165, 1.54) is 24.3 Å². The number of ether oxygens (including phenoxy) is 2. The van der Waals surface area contributed by atoms with E-state index < -0.39 is 23.4 Å². The molecule has 0 spiro atoms. The van der Waals surface area contributed by atoms with Crippen LogP contribution in [0.5, 0.6) is 11.5 Å². The highest BCUT2D eigenvalue weighted by atomic mass is 35.5. The van der Waals surface area contributed by atoms with E-state index in [0.29, 0.717) is 22.2 Å². The van der Waals surface area contributed by atoms with Crippen LogP contribution in [0.4, 0.5) is 17.1 Å². The van der Waals surface area contributed by atoms with E-state index in [2.05, 4.69) is 10.6 Å². The summed E-state index contributed by atoms with van der Waals surface area (Å²) in [6, 6.07) is 19.2. The van der Waals surface area contributed by atoms with Gasteiger partial charge in [0.05, 0.1) is 9.95 Å². The summed E-state index contributed by atoms with van der Waals surface area (Å²) < 4.78 is 10.6. The Bertz CT molecular complexity index is 1250. The number of benzene rings is 3. The van der Waals surface area contributed by atoms with Crippen molar-refractivity contribution in [2.24, 2.45) is 0 Å². The molecule has 3 aromatic carbocycles. The monoisotopic (exact) mass is 511 g/mol. The van der Waals surface area contributed by atoms with Gasteiger partial charge in [-0.15, -0.1) is 0 Å². The molecule has 3 rings (SSSR count). The molecule has 0 aliphatic carbocycles. The van der Waals surface area contributed by atoms with Gasteiger partial charge in [-0.3, -0.25) is 24.5 Å². The summed E-state index contributed by atoms with van der Waals surface area (Å²) in [5.41, 5.74) is 0.599. The van der Waals surface area contributed by atoms with Gasteiger partial charge in [-0.1, -0.05) is 29.8 Å². The summed E-state index contributed by atoms with van der Waals surface area (Å²) in [6.45, 7) is -0.545. The molecule has 0 radical (unpaired) electrons. The van der Waals surface area contributed by atoms with Crippen LogP contribution >= 0.6 is 11.6 Å². The number of carbonyl (C=O) groups excluding carboxylic acids is 3. The number of rotatable bonds is 11. The molecule has 0 saturated carbocycles. The minimum absolute atomic E-state index is 0.0535. The predicted molar refractivity (Wildman–Crippen MR) is 133 cm³/mol. The first kappa shape index (κ1) is 26.2. The van der Waals surface area contributed by atoms with Crippen molar-refractivity contribution in [2.75, 3.05) is 17.2 Å². The fourth-order valence-electron chi connectivity index (χ4n) is 2.99. The molecule has 0 saturated heterocycles. The number of non-ortho nitro benzene ring substituents is 1. The van der Waals surface area contributed by atoms with Crippen molar-refractivity contribution in [3.63, 3.8) is 0 Å². The predicted octanol–water partition coefficient (Wildman–Crippen LogP) is 5.33. The number of nitro groups is 1. The van der Waals surface area contributed by atoms with Crippen molar-refractivity contribution in [2.45, 2.75) is 19.3 Å². The summed E-state index contributed by atoms with van der Waals surface area (Å²) in [5.74, 6) is -0.490. The minimum Gasteiger partial charge on any atom is -0.456 e. The molecule has 0 atom stereocenters. The van der Waals surface area contributed by atoms with Gasteiger partial charge in [0.2, 0.25) is 5.91 Å². The van der Waals surface area contributed by atoms with E-state index in [0.717, 1.165) is 0 Å². The van der Waals surface area contributed by atoms with Crippen molar-refractivity contribution in [1.82, 2.24) is 0 Å². The number of hydrogen-bond acceptors (Lipinski definition) is 7. The first-order chi connectivity index (χ1) is 17.3. The van der Waals surface area contributed by atoms with Gasteiger partial charge in [-0.05, 0) is 48.9 Å². The quantitative estimate of drug-likeness (QED) is 0.201. The lowest BCUT2D eigenvalue weighted by Gasteiger charge is -2.09. The third-order valence-electron chi connectivity index (χ3n) is 4.69. The first-order valence-corrected chi connectivity index (χ1v) is 11.2. The Kier molecular flexibility index (Phi) is 9.35. The molecule has 10 nitrogen and oxygen atoms in total. The molecule has 0 aliphatic rings. The second kappa shape index (κ2) is 12.9. The number of nitrogens with one attached hydrogen (secondary N) is 2. The number of anilines is 2. The van der Waals surface area contributed by atoms with Crippen LogP contribution in [0.3, 0.4) is 0 Å². The van der Waals surface area contributed by atoms with Crippen LogP contribution in [0.25, 0.3) is 0 Å². The van der Waals surface area contributed by atoms with Gasteiger partial charge < -0.3 is 20.1 Å². The third-order valence-corrected chi connectivity index (χ3v) is 5.00. The van der Waals surface area contributed by atoms with Crippen molar-refractivity contribution >= 4 is 46.4 Å². The molecular formula is C25H22ClN3O7. The fraction of sp³-hybridized carbons (Fsp3) is 0.160. The standard InChI is InChI=1S/C25H22ClN3O7/c26-21-7-1-2-8-22(21)36-20-13-11-17(12-14-20)27-23(30)9-4-10-25(32)35-16-24(31)28-18-5-3-6-19(15-18)29(33)34/h1-3,5-8,11-15H,4,9-10,16H2,(H,27,30)(H,28,31). The summed E-state index contributed by atoms with van der Waals surface area (Å²) in [4.78, 5) is 46.1. The van der Waals surface area contributed by atoms with Crippen LogP contribution in [0.15, 0.2) is 72.8 Å². The molecule has 186 valence electrons. The SMILES string of the molecule is O=C(CCCC(=O)OCC(=O)Nc1cccc([N+](=O)[O-])c1)Nc1ccc(Oc2ccccc2Cl)cc1. The number of nitro benzene ring substituents is 1. The summed E-state index contributed by atoms with van der Waals surface area (Å²) in [7, 11) is 0. The van der Waals surface area contributed by atoms with Gasteiger partial charge in [0.15, 0.2) is 6.61 Å². The van der Waals surface area contributed by atoms with Crippen molar-refractivity contribution in [3.8, 4) is 11.5 Å². The molecule has 0 unspecified atom stereocenters. The van der Waals surface area contributed by atoms with E-state index in [1.807, 2.05) is 0 Å². The zero-order valence-corrected chi connectivity index (χ0v) is 19.7. The number of amides is 2. The summed E-state index contributed by atoms with van der Waals surface area (Å²) >= 11 is 6.07. The van der Waals surface area contributed by atoms with Crippen molar-refractivity contribution in [1.29, 1.82) is 0 Å². The Balaban J connectivity index is 1.34. The number of para-hydroxylation sites is 1. The highest BCUT2D eigenvalue weighted by Crippen LogP contribution is 2.29. The van der Waals surface area contributed by atoms with Crippen LogP contribution < -0.4 is 15.4 Å². The second-order valence-electron chi connectivity index (χ2n) is 7.47. The van der Waals surface area contributed by atoms with Crippen LogP contribution in [0.2, 0.25) is 5.02 Å². The third kappa shape index (κ3) is 8.41. The Morgan fingerprint density at radius 3 is 2.31 bits per heavy atom. The van der Waals surface area contributed by atoms with Gasteiger partial charge in [0.1, 0.15) is 11.5 Å². The molecule has 11 heteroatoms. The lowest BCUT2D eigenvalue weighted by molar-refractivity contribution is -0.384. The zero-order valence-electron chi connectivity index (χ0n) is 18.9. The number of esters is 1. The normalized spacial score (nSPS) is 10.2. The topological polar surface area (TPSA) is 137 Å². The first-order valence-electron chi connectivity index (χ1n) is 10.8. The molecule has 0 aromatic heterocycles. The summed E-state index contributed by atoms with van der Waals surface area (Å²) in [6.07, 6.45) is 0.250. The molecule has 2 N–H and O–H groups in total. The van der Waals surface area contributed by atoms with E-state index in [9.17, 15) is 24.5 Å². The van der Waals surface area contributed by atoms with Crippen LogP contribution in [0.1, 0.15) is 19.3 Å². The van der Waals surface area contributed by atoms with Crippen molar-refractivity contribution in [3.05, 3.63) is 87.9 Å². The average molecular weight is 512 g/mol. The van der Waals surface area contributed by atoms with Gasteiger partial charge in [-0.25, -0.2) is 0 Å². The van der Waals surface area contributed by atoms with Crippen molar-refractivity contribution < 1.29 is 28.8 Å². The van der Waals surface area contributed by atoms with E-state index >= 15 is 0 Å². The van der Waals surface area contributed by atoms with Gasteiger partial charge in [0.25, 0.3) is 11.6 Å². The van der Waals surface area contributed by atoms with Gasteiger partial charge in [-0.2, -0.15) is 0 Å². The van der Waals surface area contributed by atoms with E-state index in [1.54, 1.807) is 48.5 Å². The largest absolute Gasteiger partial charge is 0.456 e. The summed E-state index contributed by atoms with van der Waals surface area (Å²) in [5, 5.41) is 16.4. The van der Waals surface area contributed by atoms with Crippen LogP contribution in [0, 0.1) is 10.1 Å². The smallest absolute Gasteiger partial charge is 0.306 e. The molecule has 36 heavy (non-hydrogen) atoms. The minimum atomic E-state index is -0.641. The molecule has 0 aliphatic heterocycles. The van der Waals surface area contributed by atoms with E-state index in [4.69, 9.17) is 21.1 Å².